The second kappa shape index (κ2) is 4.71. The van der Waals surface area contributed by atoms with Crippen molar-refractivity contribution in [2.24, 2.45) is 0 Å². The van der Waals surface area contributed by atoms with Gasteiger partial charge in [-0.05, 0) is 38.8 Å². The highest BCUT2D eigenvalue weighted by Crippen LogP contribution is 2.36. The fourth-order valence-corrected chi connectivity index (χ4v) is 2.79. The van der Waals surface area contributed by atoms with Crippen LogP contribution in [0.5, 0.6) is 0 Å². The molecule has 1 aromatic heterocycles. The number of ketones is 1. The highest BCUT2D eigenvalue weighted by molar-refractivity contribution is 5.94. The number of aryl methyl sites for hydroxylation is 1. The number of fused-ring (bicyclic) bond motifs is 1. The highest BCUT2D eigenvalue weighted by atomic mass is 16.1. The molecule has 102 valence electrons. The average Bonchev–Trinajstić information content (AvgIpc) is 2.73. The summed E-state index contributed by atoms with van der Waals surface area (Å²) in [5, 5.41) is 0. The number of hydrogen-bond acceptors (Lipinski definition) is 4. The van der Waals surface area contributed by atoms with Crippen LogP contribution in [0.3, 0.4) is 0 Å². The number of nitrogens with zero attached hydrogens (tertiary/aromatic N) is 3. The van der Waals surface area contributed by atoms with Crippen LogP contribution in [0.25, 0.3) is 0 Å². The third-order valence-corrected chi connectivity index (χ3v) is 3.77. The molecule has 1 aliphatic rings. The van der Waals surface area contributed by atoms with Gasteiger partial charge < -0.3 is 4.90 Å². The molecule has 20 heavy (non-hydrogen) atoms. The molecule has 0 saturated heterocycles. The van der Waals surface area contributed by atoms with Crippen LogP contribution in [-0.4, -0.2) is 21.8 Å². The first-order valence-corrected chi connectivity index (χ1v) is 6.79. The van der Waals surface area contributed by atoms with Gasteiger partial charge in [-0.1, -0.05) is 18.2 Å². The molecule has 1 atom stereocenters. The number of benzene rings is 1. The fraction of sp³-hybridized carbons (Fsp3) is 0.312. The van der Waals surface area contributed by atoms with Gasteiger partial charge in [0.05, 0.1) is 11.3 Å². The smallest absolute Gasteiger partial charge is 0.230 e. The Labute approximate surface area is 118 Å². The molecule has 4 nitrogen and oxygen atoms in total. The van der Waals surface area contributed by atoms with Crippen molar-refractivity contribution in [3.8, 4) is 0 Å². The molecule has 0 fully saturated rings. The van der Waals surface area contributed by atoms with E-state index in [-0.39, 0.29) is 5.78 Å². The van der Waals surface area contributed by atoms with Crippen LogP contribution in [0.1, 0.15) is 35.5 Å². The molecule has 4 heteroatoms. The van der Waals surface area contributed by atoms with Crippen molar-refractivity contribution in [3.05, 3.63) is 47.3 Å². The maximum atomic E-state index is 11.5. The van der Waals surface area contributed by atoms with Crippen LogP contribution in [0.15, 0.2) is 30.5 Å². The van der Waals surface area contributed by atoms with Gasteiger partial charge in [0.25, 0.3) is 0 Å². The largest absolute Gasteiger partial charge is 0.307 e. The van der Waals surface area contributed by atoms with Gasteiger partial charge in [0.1, 0.15) is 0 Å². The zero-order valence-electron chi connectivity index (χ0n) is 11.9. The predicted octanol–water partition coefficient (Wildman–Crippen LogP) is 3.07. The standard InChI is InChI=1S/C16H17N3O/c1-10-8-13-6-4-5-7-15(13)19(10)16-17-9-14(12(3)20)11(2)18-16/h4-7,9-10H,8H2,1-3H3. The quantitative estimate of drug-likeness (QED) is 0.784. The van der Waals surface area contributed by atoms with Gasteiger partial charge in [-0.3, -0.25) is 4.79 Å². The molecule has 0 aliphatic carbocycles. The first-order chi connectivity index (χ1) is 9.58. The van der Waals surface area contributed by atoms with Gasteiger partial charge in [-0.25, -0.2) is 9.97 Å². The van der Waals surface area contributed by atoms with E-state index in [2.05, 4.69) is 40.0 Å². The second-order valence-corrected chi connectivity index (χ2v) is 5.28. The lowest BCUT2D eigenvalue weighted by Gasteiger charge is -2.23. The van der Waals surface area contributed by atoms with Crippen molar-refractivity contribution < 1.29 is 4.79 Å². The maximum Gasteiger partial charge on any atom is 0.230 e. The zero-order valence-corrected chi connectivity index (χ0v) is 11.9. The molecule has 3 rings (SSSR count). The molecular formula is C16H17N3O. The van der Waals surface area contributed by atoms with Crippen molar-refractivity contribution in [1.29, 1.82) is 0 Å². The molecule has 2 heterocycles. The number of para-hydroxylation sites is 1. The Morgan fingerprint density at radius 3 is 2.80 bits per heavy atom. The lowest BCUT2D eigenvalue weighted by Crippen LogP contribution is -2.26. The number of carbonyl (C=O) groups excluding carboxylic acids is 1. The Morgan fingerprint density at radius 2 is 2.10 bits per heavy atom. The fourth-order valence-electron chi connectivity index (χ4n) is 2.79. The molecule has 0 saturated carbocycles. The van der Waals surface area contributed by atoms with Crippen LogP contribution in [0.4, 0.5) is 11.6 Å². The topological polar surface area (TPSA) is 46.1 Å². The molecule has 1 aliphatic heterocycles. The maximum absolute atomic E-state index is 11.5. The monoisotopic (exact) mass is 267 g/mol. The van der Waals surface area contributed by atoms with Crippen LogP contribution < -0.4 is 4.90 Å². The minimum atomic E-state index is 0.00363. The predicted molar refractivity (Wildman–Crippen MR) is 78.5 cm³/mol. The lowest BCUT2D eigenvalue weighted by molar-refractivity contribution is 0.101. The molecule has 0 radical (unpaired) electrons. The van der Waals surface area contributed by atoms with E-state index in [9.17, 15) is 4.79 Å². The van der Waals surface area contributed by atoms with Gasteiger partial charge in [-0.2, -0.15) is 0 Å². The van der Waals surface area contributed by atoms with Crippen LogP contribution in [0.2, 0.25) is 0 Å². The van der Waals surface area contributed by atoms with Gasteiger partial charge in [0.15, 0.2) is 5.78 Å². The van der Waals surface area contributed by atoms with E-state index >= 15 is 0 Å². The van der Waals surface area contributed by atoms with Crippen molar-refractivity contribution in [2.75, 3.05) is 4.90 Å². The minimum Gasteiger partial charge on any atom is -0.307 e. The average molecular weight is 267 g/mol. The van der Waals surface area contributed by atoms with Gasteiger partial charge in [-0.15, -0.1) is 0 Å². The Kier molecular flexibility index (Phi) is 3.01. The summed E-state index contributed by atoms with van der Waals surface area (Å²) in [7, 11) is 0. The number of rotatable bonds is 2. The molecule has 2 aromatic rings. The normalized spacial score (nSPS) is 17.1. The molecule has 1 aromatic carbocycles. The van der Waals surface area contributed by atoms with E-state index < -0.39 is 0 Å². The van der Waals surface area contributed by atoms with Gasteiger partial charge >= 0.3 is 0 Å². The van der Waals surface area contributed by atoms with E-state index in [4.69, 9.17) is 0 Å². The Bertz CT molecular complexity index is 681. The first-order valence-electron chi connectivity index (χ1n) is 6.79. The summed E-state index contributed by atoms with van der Waals surface area (Å²) < 4.78 is 0. The summed E-state index contributed by atoms with van der Waals surface area (Å²) in [5.41, 5.74) is 3.81. The van der Waals surface area contributed by atoms with E-state index in [1.807, 2.05) is 13.0 Å². The second-order valence-electron chi connectivity index (χ2n) is 5.28. The molecule has 0 N–H and O–H groups in total. The summed E-state index contributed by atoms with van der Waals surface area (Å²) in [6.07, 6.45) is 2.63. The number of anilines is 2. The third kappa shape index (κ3) is 1.97. The minimum absolute atomic E-state index is 0.00363. The number of Topliss-reactive ketones (excluding diaryl/α,β-unsaturated/α-hetero) is 1. The van der Waals surface area contributed by atoms with E-state index in [0.717, 1.165) is 17.8 Å². The summed E-state index contributed by atoms with van der Waals surface area (Å²) in [6, 6.07) is 8.65. The van der Waals surface area contributed by atoms with Crippen LogP contribution in [-0.2, 0) is 6.42 Å². The summed E-state index contributed by atoms with van der Waals surface area (Å²) in [5.74, 6) is 0.675. The summed E-state index contributed by atoms with van der Waals surface area (Å²) >= 11 is 0. The SMILES string of the molecule is CC(=O)c1cnc(N2c3ccccc3CC2C)nc1C. The third-order valence-electron chi connectivity index (χ3n) is 3.77. The first kappa shape index (κ1) is 12.8. The molecule has 1 unspecified atom stereocenters. The molecule has 0 bridgehead atoms. The lowest BCUT2D eigenvalue weighted by atomic mass is 10.1. The molecule has 0 spiro atoms. The number of carbonyl (C=O) groups is 1. The van der Waals surface area contributed by atoms with Gasteiger partial charge in [0.2, 0.25) is 5.95 Å². The van der Waals surface area contributed by atoms with Crippen molar-refractivity contribution in [1.82, 2.24) is 9.97 Å². The van der Waals surface area contributed by atoms with Crippen LogP contribution in [0, 0.1) is 6.92 Å². The van der Waals surface area contributed by atoms with Crippen molar-refractivity contribution in [2.45, 2.75) is 33.2 Å². The van der Waals surface area contributed by atoms with Crippen molar-refractivity contribution >= 4 is 17.4 Å². The van der Waals surface area contributed by atoms with Crippen LogP contribution >= 0.6 is 0 Å². The van der Waals surface area contributed by atoms with E-state index in [1.165, 1.54) is 5.56 Å². The Hall–Kier alpha value is -2.23. The molecular weight excluding hydrogens is 250 g/mol. The number of aromatic nitrogens is 2. The zero-order chi connectivity index (χ0) is 14.3. The van der Waals surface area contributed by atoms with E-state index in [1.54, 1.807) is 13.1 Å². The number of hydrogen-bond donors (Lipinski definition) is 0. The Balaban J connectivity index is 2.06. The summed E-state index contributed by atoms with van der Waals surface area (Å²) in [6.45, 7) is 5.56. The highest BCUT2D eigenvalue weighted by Gasteiger charge is 2.28. The van der Waals surface area contributed by atoms with E-state index in [0.29, 0.717) is 17.6 Å². The summed E-state index contributed by atoms with van der Waals surface area (Å²) in [4.78, 5) is 22.5. The Morgan fingerprint density at radius 1 is 1.35 bits per heavy atom. The van der Waals surface area contributed by atoms with Crippen molar-refractivity contribution in [3.63, 3.8) is 0 Å². The van der Waals surface area contributed by atoms with Gasteiger partial charge in [0, 0.05) is 17.9 Å². The molecule has 0 amide bonds.